The maximum Gasteiger partial charge on any atom is 0.304 e. The highest BCUT2D eigenvalue weighted by Crippen LogP contribution is 1.93. The van der Waals surface area contributed by atoms with Gasteiger partial charge in [0.25, 0.3) is 0 Å². The summed E-state index contributed by atoms with van der Waals surface area (Å²) in [6.45, 7) is 4.94. The van der Waals surface area contributed by atoms with Crippen LogP contribution in [0.3, 0.4) is 0 Å². The van der Waals surface area contributed by atoms with Crippen LogP contribution in [0.2, 0.25) is 0 Å². The lowest BCUT2D eigenvalue weighted by atomic mass is 10.5. The van der Waals surface area contributed by atoms with Crippen molar-refractivity contribution in [3.8, 4) is 0 Å². The highest BCUT2D eigenvalue weighted by Gasteiger charge is 1.94. The quantitative estimate of drug-likeness (QED) is 0.663. The first kappa shape index (κ1) is 10.4. The standard InChI is InChI=1S/C8H14N2O2S/c1-2-12-4-3-9-5-7-6-13-8(11)10-7/h6,9H,2-5H2,1H3,(H,10,11). The van der Waals surface area contributed by atoms with Crippen molar-refractivity contribution in [2.24, 2.45) is 0 Å². The maximum atomic E-state index is 10.7. The molecule has 0 bridgehead atoms. The predicted molar refractivity (Wildman–Crippen MR) is 53.1 cm³/mol. The fraction of sp³-hybridized carbons (Fsp3) is 0.625. The SMILES string of the molecule is CCOCCNCc1csc(=O)[nH]1. The lowest BCUT2D eigenvalue weighted by Crippen LogP contribution is -2.19. The molecule has 1 aromatic heterocycles. The molecule has 13 heavy (non-hydrogen) atoms. The number of hydrogen-bond acceptors (Lipinski definition) is 4. The van der Waals surface area contributed by atoms with E-state index in [0.717, 1.165) is 18.8 Å². The van der Waals surface area contributed by atoms with E-state index in [1.54, 1.807) is 0 Å². The molecule has 0 saturated heterocycles. The molecule has 0 fully saturated rings. The third-order valence-electron chi connectivity index (χ3n) is 1.51. The molecule has 0 saturated carbocycles. The van der Waals surface area contributed by atoms with Gasteiger partial charge in [0, 0.05) is 30.8 Å². The molecule has 1 aromatic rings. The molecule has 0 radical (unpaired) electrons. The van der Waals surface area contributed by atoms with Crippen LogP contribution in [0.1, 0.15) is 12.6 Å². The van der Waals surface area contributed by atoms with E-state index in [1.165, 1.54) is 11.3 Å². The molecule has 4 nitrogen and oxygen atoms in total. The normalized spacial score (nSPS) is 10.5. The van der Waals surface area contributed by atoms with Crippen molar-refractivity contribution >= 4 is 11.3 Å². The summed E-state index contributed by atoms with van der Waals surface area (Å²) in [5.41, 5.74) is 0.937. The van der Waals surface area contributed by atoms with Crippen molar-refractivity contribution in [1.29, 1.82) is 0 Å². The molecule has 74 valence electrons. The molecule has 0 unspecified atom stereocenters. The zero-order valence-electron chi connectivity index (χ0n) is 7.63. The largest absolute Gasteiger partial charge is 0.380 e. The molecular weight excluding hydrogens is 188 g/mol. The number of rotatable bonds is 6. The van der Waals surface area contributed by atoms with Crippen LogP contribution in [0.5, 0.6) is 0 Å². The van der Waals surface area contributed by atoms with Crippen molar-refractivity contribution in [3.63, 3.8) is 0 Å². The summed E-state index contributed by atoms with van der Waals surface area (Å²) in [7, 11) is 0. The molecule has 0 spiro atoms. The minimum atomic E-state index is 0.00149. The fourth-order valence-corrected chi connectivity index (χ4v) is 1.49. The summed E-state index contributed by atoms with van der Waals surface area (Å²) in [6, 6.07) is 0. The second kappa shape index (κ2) is 5.90. The Hall–Kier alpha value is -0.650. The molecule has 0 aromatic carbocycles. The van der Waals surface area contributed by atoms with Gasteiger partial charge in [0.2, 0.25) is 0 Å². The van der Waals surface area contributed by atoms with Gasteiger partial charge in [-0.3, -0.25) is 4.79 Å². The van der Waals surface area contributed by atoms with Crippen molar-refractivity contribution in [3.05, 3.63) is 20.7 Å². The van der Waals surface area contributed by atoms with E-state index in [1.807, 2.05) is 12.3 Å². The number of nitrogens with one attached hydrogen (secondary N) is 2. The van der Waals surface area contributed by atoms with Crippen LogP contribution in [0.25, 0.3) is 0 Å². The van der Waals surface area contributed by atoms with Gasteiger partial charge >= 0.3 is 4.87 Å². The van der Waals surface area contributed by atoms with Crippen LogP contribution in [0.15, 0.2) is 10.2 Å². The maximum absolute atomic E-state index is 10.7. The van der Waals surface area contributed by atoms with E-state index in [4.69, 9.17) is 4.74 Å². The Morgan fingerprint density at radius 3 is 3.15 bits per heavy atom. The zero-order valence-corrected chi connectivity index (χ0v) is 8.45. The summed E-state index contributed by atoms with van der Waals surface area (Å²) in [5, 5.41) is 4.99. The number of thiazole rings is 1. The van der Waals surface area contributed by atoms with Crippen LogP contribution in [-0.4, -0.2) is 24.7 Å². The van der Waals surface area contributed by atoms with Crippen LogP contribution in [0, 0.1) is 0 Å². The molecule has 0 aliphatic heterocycles. The van der Waals surface area contributed by atoms with E-state index in [0.29, 0.717) is 13.2 Å². The Morgan fingerprint density at radius 1 is 1.69 bits per heavy atom. The zero-order chi connectivity index (χ0) is 9.52. The van der Waals surface area contributed by atoms with Gasteiger partial charge in [-0.15, -0.1) is 0 Å². The van der Waals surface area contributed by atoms with Gasteiger partial charge in [0.05, 0.1) is 6.61 Å². The van der Waals surface area contributed by atoms with Crippen LogP contribution in [0.4, 0.5) is 0 Å². The minimum Gasteiger partial charge on any atom is -0.380 e. The molecule has 0 aliphatic carbocycles. The van der Waals surface area contributed by atoms with Gasteiger partial charge in [0.1, 0.15) is 0 Å². The van der Waals surface area contributed by atoms with Gasteiger partial charge in [-0.2, -0.15) is 0 Å². The Kier molecular flexibility index (Phi) is 4.74. The fourth-order valence-electron chi connectivity index (χ4n) is 0.912. The lowest BCUT2D eigenvalue weighted by molar-refractivity contribution is 0.149. The smallest absolute Gasteiger partial charge is 0.304 e. The highest BCUT2D eigenvalue weighted by molar-refractivity contribution is 7.07. The predicted octanol–water partition coefficient (Wildman–Crippen LogP) is 0.562. The second-order valence-electron chi connectivity index (χ2n) is 2.55. The lowest BCUT2D eigenvalue weighted by Gasteiger charge is -2.02. The van der Waals surface area contributed by atoms with Gasteiger partial charge in [-0.1, -0.05) is 11.3 Å². The molecular formula is C8H14N2O2S. The van der Waals surface area contributed by atoms with E-state index >= 15 is 0 Å². The van der Waals surface area contributed by atoms with Crippen LogP contribution in [-0.2, 0) is 11.3 Å². The minimum absolute atomic E-state index is 0.00149. The molecule has 5 heteroatoms. The van der Waals surface area contributed by atoms with Gasteiger partial charge in [-0.25, -0.2) is 0 Å². The Labute approximate surface area is 80.9 Å². The van der Waals surface area contributed by atoms with Crippen molar-refractivity contribution in [1.82, 2.24) is 10.3 Å². The Balaban J connectivity index is 2.09. The third-order valence-corrected chi connectivity index (χ3v) is 2.23. The summed E-state index contributed by atoms with van der Waals surface area (Å²) in [6.07, 6.45) is 0. The average Bonchev–Trinajstić information content (AvgIpc) is 2.51. The molecule has 0 amide bonds. The molecule has 0 aliphatic rings. The molecule has 0 atom stereocenters. The molecule has 1 heterocycles. The van der Waals surface area contributed by atoms with Crippen molar-refractivity contribution < 1.29 is 4.74 Å². The van der Waals surface area contributed by atoms with Crippen molar-refractivity contribution in [2.45, 2.75) is 13.5 Å². The Bertz CT molecular complexity index is 282. The number of H-pyrrole nitrogens is 1. The first-order chi connectivity index (χ1) is 6.33. The second-order valence-corrected chi connectivity index (χ2v) is 3.39. The van der Waals surface area contributed by atoms with Crippen LogP contribution < -0.4 is 10.2 Å². The average molecular weight is 202 g/mol. The number of ether oxygens (including phenoxy) is 1. The van der Waals surface area contributed by atoms with Gasteiger partial charge in [0.15, 0.2) is 0 Å². The summed E-state index contributed by atoms with van der Waals surface area (Å²) in [5.74, 6) is 0. The topological polar surface area (TPSA) is 54.1 Å². The third kappa shape index (κ3) is 4.21. The monoisotopic (exact) mass is 202 g/mol. The number of aromatic amines is 1. The number of aromatic nitrogens is 1. The van der Waals surface area contributed by atoms with Gasteiger partial charge in [-0.05, 0) is 6.92 Å². The highest BCUT2D eigenvalue weighted by atomic mass is 32.1. The first-order valence-corrected chi connectivity index (χ1v) is 5.16. The van der Waals surface area contributed by atoms with E-state index in [-0.39, 0.29) is 4.87 Å². The van der Waals surface area contributed by atoms with Crippen LogP contribution >= 0.6 is 11.3 Å². The molecule has 2 N–H and O–H groups in total. The van der Waals surface area contributed by atoms with E-state index in [2.05, 4.69) is 10.3 Å². The molecule has 1 rings (SSSR count). The van der Waals surface area contributed by atoms with Crippen molar-refractivity contribution in [2.75, 3.05) is 19.8 Å². The number of hydrogen-bond donors (Lipinski definition) is 2. The summed E-state index contributed by atoms with van der Waals surface area (Å²) in [4.78, 5) is 13.5. The first-order valence-electron chi connectivity index (χ1n) is 4.28. The van der Waals surface area contributed by atoms with E-state index < -0.39 is 0 Å². The van der Waals surface area contributed by atoms with Gasteiger partial charge < -0.3 is 15.0 Å². The summed E-state index contributed by atoms with van der Waals surface area (Å²) < 4.78 is 5.14. The summed E-state index contributed by atoms with van der Waals surface area (Å²) >= 11 is 1.19. The Morgan fingerprint density at radius 2 is 2.54 bits per heavy atom. The van der Waals surface area contributed by atoms with E-state index in [9.17, 15) is 4.79 Å².